The molecule has 3 nitrogen and oxygen atoms in total. The van der Waals surface area contributed by atoms with Gasteiger partial charge >= 0.3 is 12.4 Å². The topological polar surface area (TPSA) is 34.0 Å². The summed E-state index contributed by atoms with van der Waals surface area (Å²) in [7, 11) is 0. The van der Waals surface area contributed by atoms with E-state index in [1.54, 1.807) is 11.5 Å². The number of amides is 1. The fourth-order valence-electron chi connectivity index (χ4n) is 4.79. The van der Waals surface area contributed by atoms with Crippen LogP contribution in [0.15, 0.2) is 24.3 Å². The van der Waals surface area contributed by atoms with Gasteiger partial charge in [0.15, 0.2) is 0 Å². The maximum atomic E-state index is 13.8. The number of rotatable bonds is 6. The second-order valence-corrected chi connectivity index (χ2v) is 9.48. The first-order chi connectivity index (χ1) is 15.9. The molecule has 1 N–H and O–H groups in total. The first-order valence-electron chi connectivity index (χ1n) is 11.7. The lowest BCUT2D eigenvalue weighted by atomic mass is 9.95. The molecular formula is C25H28F6N2O. The fourth-order valence-corrected chi connectivity index (χ4v) is 4.79. The standard InChI is InChI=1S/C25H28F6N2O/c1-15-19(23(34)32-18-5-3-2-4-6-18)14-22(33(15)12-11-16-7-8-16)20-13-17(24(26,27)28)9-10-21(20)25(29,30)31/h9-10,13-14,16,18H,2-8,11-12H2,1H3,(H,32,34). The van der Waals surface area contributed by atoms with Gasteiger partial charge in [0.25, 0.3) is 5.91 Å². The SMILES string of the molecule is Cc1c(C(=O)NC2CCCCC2)cc(-c2cc(C(F)(F)F)ccc2C(F)(F)F)n1CCC1CC1. The minimum absolute atomic E-state index is 0.00166. The summed E-state index contributed by atoms with van der Waals surface area (Å²) >= 11 is 0. The normalized spacial score (nSPS) is 17.7. The van der Waals surface area contributed by atoms with E-state index >= 15 is 0 Å². The Morgan fingerprint density at radius 3 is 2.24 bits per heavy atom. The zero-order valence-corrected chi connectivity index (χ0v) is 19.0. The van der Waals surface area contributed by atoms with Crippen LogP contribution in [0.4, 0.5) is 26.3 Å². The number of nitrogens with zero attached hydrogens (tertiary/aromatic N) is 1. The van der Waals surface area contributed by atoms with E-state index in [2.05, 4.69) is 5.32 Å². The van der Waals surface area contributed by atoms with Gasteiger partial charge in [0, 0.05) is 29.5 Å². The van der Waals surface area contributed by atoms with Crippen molar-refractivity contribution < 1.29 is 31.1 Å². The Labute approximate surface area is 194 Å². The van der Waals surface area contributed by atoms with Gasteiger partial charge in [-0.2, -0.15) is 26.3 Å². The molecule has 0 radical (unpaired) electrons. The summed E-state index contributed by atoms with van der Waals surface area (Å²) in [5.41, 5.74) is -2.19. The molecule has 2 aliphatic carbocycles. The molecule has 0 spiro atoms. The van der Waals surface area contributed by atoms with Crippen LogP contribution in [-0.4, -0.2) is 16.5 Å². The highest BCUT2D eigenvalue weighted by Gasteiger charge is 2.38. The molecule has 0 aliphatic heterocycles. The molecule has 1 amide bonds. The average Bonchev–Trinajstić information content (AvgIpc) is 3.53. The minimum atomic E-state index is -4.84. The molecule has 2 aromatic rings. The molecular weight excluding hydrogens is 458 g/mol. The molecule has 1 aromatic heterocycles. The summed E-state index contributed by atoms with van der Waals surface area (Å²) in [6.45, 7) is 1.99. The van der Waals surface area contributed by atoms with Crippen LogP contribution in [0.5, 0.6) is 0 Å². The Morgan fingerprint density at radius 1 is 0.971 bits per heavy atom. The predicted molar refractivity (Wildman–Crippen MR) is 116 cm³/mol. The van der Waals surface area contributed by atoms with Gasteiger partial charge in [-0.3, -0.25) is 4.79 Å². The second kappa shape index (κ2) is 9.30. The van der Waals surface area contributed by atoms with E-state index in [1.165, 1.54) is 6.07 Å². The van der Waals surface area contributed by atoms with Crippen LogP contribution in [0.2, 0.25) is 0 Å². The molecule has 0 saturated heterocycles. The number of halogens is 6. The van der Waals surface area contributed by atoms with Crippen molar-refractivity contribution in [3.8, 4) is 11.3 Å². The summed E-state index contributed by atoms with van der Waals surface area (Å²) in [6.07, 6.45) is -2.10. The lowest BCUT2D eigenvalue weighted by molar-refractivity contribution is -0.141. The van der Waals surface area contributed by atoms with Crippen LogP contribution >= 0.6 is 0 Å². The van der Waals surface area contributed by atoms with Gasteiger partial charge in [-0.25, -0.2) is 0 Å². The zero-order valence-electron chi connectivity index (χ0n) is 19.0. The third kappa shape index (κ3) is 5.44. The van der Waals surface area contributed by atoms with E-state index in [-0.39, 0.29) is 17.3 Å². The van der Waals surface area contributed by atoms with E-state index in [0.29, 0.717) is 42.8 Å². The van der Waals surface area contributed by atoms with E-state index in [9.17, 15) is 31.1 Å². The van der Waals surface area contributed by atoms with Gasteiger partial charge < -0.3 is 9.88 Å². The number of hydrogen-bond donors (Lipinski definition) is 1. The van der Waals surface area contributed by atoms with Crippen LogP contribution in [0.1, 0.15) is 78.5 Å². The molecule has 2 aliphatic rings. The first-order valence-corrected chi connectivity index (χ1v) is 11.7. The van der Waals surface area contributed by atoms with Crippen LogP contribution < -0.4 is 5.32 Å². The summed E-state index contributed by atoms with van der Waals surface area (Å²) < 4.78 is 83.2. The van der Waals surface area contributed by atoms with Crippen molar-refractivity contribution in [2.75, 3.05) is 0 Å². The number of carbonyl (C=O) groups is 1. The Bertz CT molecular complexity index is 1040. The molecule has 186 valence electrons. The maximum absolute atomic E-state index is 13.8. The molecule has 0 unspecified atom stereocenters. The molecule has 1 heterocycles. The van der Waals surface area contributed by atoms with Crippen molar-refractivity contribution >= 4 is 5.91 Å². The highest BCUT2D eigenvalue weighted by atomic mass is 19.4. The van der Waals surface area contributed by atoms with Crippen LogP contribution in [-0.2, 0) is 18.9 Å². The van der Waals surface area contributed by atoms with Crippen LogP contribution in [0, 0.1) is 12.8 Å². The molecule has 2 saturated carbocycles. The molecule has 2 fully saturated rings. The Morgan fingerprint density at radius 2 is 1.65 bits per heavy atom. The highest BCUT2D eigenvalue weighted by Crippen LogP contribution is 2.42. The predicted octanol–water partition coefficient (Wildman–Crippen LogP) is 7.36. The van der Waals surface area contributed by atoms with Gasteiger partial charge in [-0.05, 0) is 56.4 Å². The molecule has 0 atom stereocenters. The second-order valence-electron chi connectivity index (χ2n) is 9.48. The molecule has 4 rings (SSSR count). The van der Waals surface area contributed by atoms with E-state index in [0.717, 1.165) is 44.9 Å². The zero-order chi connectivity index (χ0) is 24.7. The summed E-state index contributed by atoms with van der Waals surface area (Å²) in [4.78, 5) is 13.1. The number of hydrogen-bond acceptors (Lipinski definition) is 1. The highest BCUT2D eigenvalue weighted by molar-refractivity contribution is 5.97. The van der Waals surface area contributed by atoms with Crippen molar-refractivity contribution in [1.82, 2.24) is 9.88 Å². The van der Waals surface area contributed by atoms with Crippen molar-refractivity contribution in [1.29, 1.82) is 0 Å². The monoisotopic (exact) mass is 486 g/mol. The van der Waals surface area contributed by atoms with E-state index in [4.69, 9.17) is 0 Å². The average molecular weight is 487 g/mol. The molecule has 34 heavy (non-hydrogen) atoms. The van der Waals surface area contributed by atoms with Crippen LogP contribution in [0.25, 0.3) is 11.3 Å². The summed E-state index contributed by atoms with van der Waals surface area (Å²) in [6, 6.07) is 2.80. The lowest BCUT2D eigenvalue weighted by Crippen LogP contribution is -2.36. The maximum Gasteiger partial charge on any atom is 0.417 e. The Balaban J connectivity index is 1.79. The third-order valence-electron chi connectivity index (χ3n) is 6.94. The Kier molecular flexibility index (Phi) is 6.75. The van der Waals surface area contributed by atoms with Crippen molar-refractivity contribution in [2.45, 2.75) is 83.2 Å². The van der Waals surface area contributed by atoms with Gasteiger partial charge in [-0.1, -0.05) is 32.1 Å². The van der Waals surface area contributed by atoms with Gasteiger partial charge in [0.2, 0.25) is 0 Å². The number of carbonyl (C=O) groups excluding carboxylic acids is 1. The van der Waals surface area contributed by atoms with Crippen molar-refractivity contribution in [3.63, 3.8) is 0 Å². The summed E-state index contributed by atoms with van der Waals surface area (Å²) in [5, 5.41) is 2.97. The molecule has 0 bridgehead atoms. The molecule has 9 heteroatoms. The van der Waals surface area contributed by atoms with E-state index < -0.39 is 35.0 Å². The largest absolute Gasteiger partial charge is 0.417 e. The van der Waals surface area contributed by atoms with Gasteiger partial charge in [0.05, 0.1) is 16.7 Å². The van der Waals surface area contributed by atoms with Crippen molar-refractivity contribution in [3.05, 3.63) is 46.6 Å². The van der Waals surface area contributed by atoms with E-state index in [1.807, 2.05) is 0 Å². The number of alkyl halides is 6. The fraction of sp³-hybridized carbons (Fsp3) is 0.560. The Hall–Kier alpha value is -2.45. The van der Waals surface area contributed by atoms with Crippen LogP contribution in [0.3, 0.4) is 0 Å². The minimum Gasteiger partial charge on any atom is -0.349 e. The quantitative estimate of drug-likeness (QED) is 0.425. The number of aromatic nitrogens is 1. The lowest BCUT2D eigenvalue weighted by Gasteiger charge is -2.22. The molecule has 1 aromatic carbocycles. The smallest absolute Gasteiger partial charge is 0.349 e. The van der Waals surface area contributed by atoms with Gasteiger partial charge in [0.1, 0.15) is 0 Å². The summed E-state index contributed by atoms with van der Waals surface area (Å²) in [5.74, 6) is 0.0640. The van der Waals surface area contributed by atoms with Gasteiger partial charge in [-0.15, -0.1) is 0 Å². The van der Waals surface area contributed by atoms with Crippen molar-refractivity contribution in [2.24, 2.45) is 5.92 Å². The third-order valence-corrected chi connectivity index (χ3v) is 6.94. The first kappa shape index (κ1) is 24.7. The number of nitrogens with one attached hydrogen (secondary N) is 1. The number of benzene rings is 1.